The fourth-order valence-electron chi connectivity index (χ4n) is 4.62. The van der Waals surface area contributed by atoms with Gasteiger partial charge < -0.3 is 9.88 Å². The van der Waals surface area contributed by atoms with Crippen molar-refractivity contribution in [3.63, 3.8) is 0 Å². The van der Waals surface area contributed by atoms with Gasteiger partial charge >= 0.3 is 0 Å². The molecule has 0 fully saturated rings. The molecule has 2 heterocycles. The molecule has 1 N–H and O–H groups in total. The molecule has 0 radical (unpaired) electrons. The Balaban J connectivity index is 1.62. The van der Waals surface area contributed by atoms with Gasteiger partial charge in [-0.2, -0.15) is 9.57 Å². The molecule has 0 unspecified atom stereocenters. The summed E-state index contributed by atoms with van der Waals surface area (Å²) in [5.41, 5.74) is 4.14. The number of hydrogen-bond acceptors (Lipinski definition) is 5. The molecule has 4 aromatic rings. The normalized spacial score (nSPS) is 16.3. The van der Waals surface area contributed by atoms with Gasteiger partial charge in [0.25, 0.3) is 0 Å². The number of imidazole rings is 1. The average Bonchev–Trinajstić information content (AvgIpc) is 3.35. The van der Waals surface area contributed by atoms with Crippen LogP contribution in [0.25, 0.3) is 0 Å². The molecule has 176 valence electrons. The summed E-state index contributed by atoms with van der Waals surface area (Å²) in [6, 6.07) is 25.8. The largest absolute Gasteiger partial charge is 0.364 e. The van der Waals surface area contributed by atoms with Crippen molar-refractivity contribution in [3.05, 3.63) is 114 Å². The van der Waals surface area contributed by atoms with E-state index in [0.717, 1.165) is 22.5 Å². The number of rotatable bonds is 6. The fourth-order valence-corrected chi connectivity index (χ4v) is 6.23. The molecule has 8 heteroatoms. The van der Waals surface area contributed by atoms with Crippen LogP contribution in [0.5, 0.6) is 0 Å². The van der Waals surface area contributed by atoms with Crippen molar-refractivity contribution in [2.24, 2.45) is 0 Å². The first-order valence-corrected chi connectivity index (χ1v) is 12.8. The smallest absolute Gasteiger partial charge is 0.243 e. The Morgan fingerprint density at radius 1 is 1.03 bits per heavy atom. The Bertz CT molecular complexity index is 1430. The first-order valence-electron chi connectivity index (χ1n) is 11.4. The van der Waals surface area contributed by atoms with Gasteiger partial charge in [-0.25, -0.2) is 13.4 Å². The highest BCUT2D eigenvalue weighted by atomic mass is 32.2. The molecular weight excluding hydrogens is 458 g/mol. The third-order valence-electron chi connectivity index (χ3n) is 6.29. The summed E-state index contributed by atoms with van der Waals surface area (Å²) in [5, 5.41) is 9.52. The van der Waals surface area contributed by atoms with Crippen LogP contribution in [0.15, 0.2) is 96.3 Å². The summed E-state index contributed by atoms with van der Waals surface area (Å²) in [4.78, 5) is 9.81. The number of nitrogens with one attached hydrogen (secondary N) is 1. The maximum atomic E-state index is 14.0. The van der Waals surface area contributed by atoms with Crippen molar-refractivity contribution < 1.29 is 8.42 Å². The first-order chi connectivity index (χ1) is 17.0. The molecule has 0 bridgehead atoms. The number of fused-ring (bicyclic) bond motifs is 1. The van der Waals surface area contributed by atoms with Crippen molar-refractivity contribution in [1.29, 1.82) is 5.26 Å². The third kappa shape index (κ3) is 4.83. The molecule has 0 spiro atoms. The molecule has 0 amide bonds. The highest BCUT2D eigenvalue weighted by Gasteiger charge is 2.36. The van der Waals surface area contributed by atoms with Gasteiger partial charge in [-0.3, -0.25) is 0 Å². The standard InChI is InChI=1S/C27H25N5O2S/c28-15-22-11-12-27-23(13-22)17-32(35(33,34)26-9-5-2-6-10-26)25(14-21-7-3-1-4-8-21)19-31(27)18-24-16-29-20-30-24/h1-13,16,20,25H,14,17-19H2,(H,29,30)/t25-/m1/s1. The molecule has 1 aliphatic heterocycles. The second kappa shape index (κ2) is 9.74. The number of aromatic amines is 1. The van der Waals surface area contributed by atoms with Crippen LogP contribution in [0.3, 0.4) is 0 Å². The van der Waals surface area contributed by atoms with E-state index in [0.29, 0.717) is 25.1 Å². The number of H-pyrrole nitrogens is 1. The SMILES string of the molecule is N#Cc1ccc2c(c1)CN(S(=O)(=O)c1ccccc1)[C@H](Cc1ccccc1)CN2Cc1c[nH]cn1. The topological polar surface area (TPSA) is 93.1 Å². The number of sulfonamides is 1. The van der Waals surface area contributed by atoms with Crippen LogP contribution >= 0.6 is 0 Å². The summed E-state index contributed by atoms with van der Waals surface area (Å²) in [5.74, 6) is 0. The fraction of sp³-hybridized carbons (Fsp3) is 0.185. The van der Waals surface area contributed by atoms with Crippen molar-refractivity contribution >= 4 is 15.7 Å². The number of hydrogen-bond donors (Lipinski definition) is 1. The van der Waals surface area contributed by atoms with Gasteiger partial charge in [0, 0.05) is 31.0 Å². The van der Waals surface area contributed by atoms with Crippen molar-refractivity contribution in [2.45, 2.75) is 30.4 Å². The van der Waals surface area contributed by atoms with Crippen LogP contribution in [0.4, 0.5) is 5.69 Å². The molecular formula is C27H25N5O2S. The van der Waals surface area contributed by atoms with Gasteiger partial charge in [0.2, 0.25) is 10.0 Å². The zero-order valence-corrected chi connectivity index (χ0v) is 19.9. The van der Waals surface area contributed by atoms with Gasteiger partial charge in [0.1, 0.15) is 0 Å². The van der Waals surface area contributed by atoms with Crippen LogP contribution in [-0.4, -0.2) is 35.3 Å². The Kier molecular flexibility index (Phi) is 6.36. The molecule has 0 saturated heterocycles. The lowest BCUT2D eigenvalue weighted by Gasteiger charge is -2.32. The maximum Gasteiger partial charge on any atom is 0.243 e. The summed E-state index contributed by atoms with van der Waals surface area (Å²) in [7, 11) is -3.80. The molecule has 1 aliphatic rings. The molecule has 1 aromatic heterocycles. The van der Waals surface area contributed by atoms with E-state index >= 15 is 0 Å². The Morgan fingerprint density at radius 2 is 1.77 bits per heavy atom. The predicted octanol–water partition coefficient (Wildman–Crippen LogP) is 4.10. The molecule has 0 saturated carbocycles. The highest BCUT2D eigenvalue weighted by Crippen LogP contribution is 2.33. The van der Waals surface area contributed by atoms with E-state index in [1.165, 1.54) is 0 Å². The van der Waals surface area contributed by atoms with E-state index in [-0.39, 0.29) is 17.5 Å². The average molecular weight is 484 g/mol. The van der Waals surface area contributed by atoms with Crippen LogP contribution in [-0.2, 0) is 29.5 Å². The summed E-state index contributed by atoms with van der Waals surface area (Å²) < 4.78 is 29.5. The number of nitriles is 1. The van der Waals surface area contributed by atoms with E-state index in [1.54, 1.807) is 47.0 Å². The quantitative estimate of drug-likeness (QED) is 0.446. The lowest BCUT2D eigenvalue weighted by Crippen LogP contribution is -2.45. The molecule has 3 aromatic carbocycles. The highest BCUT2D eigenvalue weighted by molar-refractivity contribution is 7.89. The summed E-state index contributed by atoms with van der Waals surface area (Å²) in [6.07, 6.45) is 4.04. The molecule has 7 nitrogen and oxygen atoms in total. The molecule has 5 rings (SSSR count). The Labute approximate surface area is 205 Å². The van der Waals surface area contributed by atoms with Gasteiger partial charge in [-0.05, 0) is 47.9 Å². The van der Waals surface area contributed by atoms with Crippen molar-refractivity contribution in [3.8, 4) is 6.07 Å². The molecule has 0 aliphatic carbocycles. The summed E-state index contributed by atoms with van der Waals surface area (Å²) >= 11 is 0. The Hall–Kier alpha value is -3.93. The van der Waals surface area contributed by atoms with E-state index in [9.17, 15) is 13.7 Å². The van der Waals surface area contributed by atoms with Crippen LogP contribution < -0.4 is 4.90 Å². The van der Waals surface area contributed by atoms with Crippen LogP contribution in [0, 0.1) is 11.3 Å². The lowest BCUT2D eigenvalue weighted by atomic mass is 10.1. The number of aromatic nitrogens is 2. The minimum atomic E-state index is -3.80. The minimum absolute atomic E-state index is 0.177. The van der Waals surface area contributed by atoms with Crippen molar-refractivity contribution in [1.82, 2.24) is 14.3 Å². The first kappa shape index (κ1) is 22.8. The lowest BCUT2D eigenvalue weighted by molar-refractivity contribution is 0.318. The van der Waals surface area contributed by atoms with Crippen LogP contribution in [0.2, 0.25) is 0 Å². The second-order valence-corrected chi connectivity index (χ2v) is 10.5. The van der Waals surface area contributed by atoms with E-state index in [2.05, 4.69) is 20.9 Å². The summed E-state index contributed by atoms with van der Waals surface area (Å²) in [6.45, 7) is 1.18. The van der Waals surface area contributed by atoms with E-state index in [4.69, 9.17) is 0 Å². The van der Waals surface area contributed by atoms with E-state index in [1.807, 2.05) is 48.7 Å². The zero-order valence-electron chi connectivity index (χ0n) is 19.1. The van der Waals surface area contributed by atoms with Crippen molar-refractivity contribution in [2.75, 3.05) is 11.4 Å². The number of nitrogens with zero attached hydrogens (tertiary/aromatic N) is 4. The van der Waals surface area contributed by atoms with Gasteiger partial charge in [0.05, 0.1) is 35.1 Å². The van der Waals surface area contributed by atoms with Gasteiger partial charge in [-0.15, -0.1) is 0 Å². The van der Waals surface area contributed by atoms with Gasteiger partial charge in [-0.1, -0.05) is 48.5 Å². The monoisotopic (exact) mass is 483 g/mol. The number of benzene rings is 3. The molecule has 35 heavy (non-hydrogen) atoms. The predicted molar refractivity (Wildman–Crippen MR) is 134 cm³/mol. The zero-order chi connectivity index (χ0) is 24.3. The maximum absolute atomic E-state index is 14.0. The minimum Gasteiger partial charge on any atom is -0.364 e. The van der Waals surface area contributed by atoms with Gasteiger partial charge in [0.15, 0.2) is 0 Å². The van der Waals surface area contributed by atoms with Crippen LogP contribution in [0.1, 0.15) is 22.4 Å². The number of anilines is 1. The Morgan fingerprint density at radius 3 is 2.46 bits per heavy atom. The molecule has 1 atom stereocenters. The second-order valence-electron chi connectivity index (χ2n) is 8.60. The van der Waals surface area contributed by atoms with E-state index < -0.39 is 10.0 Å². The third-order valence-corrected chi connectivity index (χ3v) is 8.20.